The second-order valence-electron chi connectivity index (χ2n) is 5.25. The van der Waals surface area contributed by atoms with E-state index in [4.69, 9.17) is 0 Å². The van der Waals surface area contributed by atoms with Gasteiger partial charge in [0.2, 0.25) is 10.0 Å². The Kier molecular flexibility index (Phi) is 4.35. The molecule has 6 heteroatoms. The van der Waals surface area contributed by atoms with Gasteiger partial charge in [-0.3, -0.25) is 0 Å². The van der Waals surface area contributed by atoms with E-state index in [1.807, 2.05) is 20.2 Å². The standard InChI is InChI=1S/C13H19BrN2O2S/c1-16(2)13(7-4-8-13)10-15-19(17,18)12-6-3-5-11(14)9-12/h3,5-6,9,15H,4,7-8,10H2,1-2H3. The van der Waals surface area contributed by atoms with Crippen molar-refractivity contribution in [2.45, 2.75) is 29.7 Å². The van der Waals surface area contributed by atoms with Crippen LogP contribution in [0.15, 0.2) is 33.6 Å². The van der Waals surface area contributed by atoms with Gasteiger partial charge in [0.25, 0.3) is 0 Å². The van der Waals surface area contributed by atoms with Crippen LogP contribution in [0.2, 0.25) is 0 Å². The summed E-state index contributed by atoms with van der Waals surface area (Å²) in [6.07, 6.45) is 3.25. The summed E-state index contributed by atoms with van der Waals surface area (Å²) >= 11 is 3.29. The fraction of sp³-hybridized carbons (Fsp3) is 0.538. The Morgan fingerprint density at radius 1 is 1.37 bits per heavy atom. The molecule has 1 aliphatic rings. The van der Waals surface area contributed by atoms with Crippen molar-refractivity contribution in [3.8, 4) is 0 Å². The fourth-order valence-electron chi connectivity index (χ4n) is 2.31. The summed E-state index contributed by atoms with van der Waals surface area (Å²) in [5.41, 5.74) is -0.0148. The van der Waals surface area contributed by atoms with Gasteiger partial charge in [0.1, 0.15) is 0 Å². The van der Waals surface area contributed by atoms with Crippen molar-refractivity contribution in [1.29, 1.82) is 0 Å². The molecule has 0 saturated heterocycles. The van der Waals surface area contributed by atoms with Crippen LogP contribution in [0.3, 0.4) is 0 Å². The summed E-state index contributed by atoms with van der Waals surface area (Å²) in [5.74, 6) is 0. The number of hydrogen-bond acceptors (Lipinski definition) is 3. The van der Waals surface area contributed by atoms with Gasteiger partial charge in [0.15, 0.2) is 0 Å². The van der Waals surface area contributed by atoms with E-state index in [1.165, 1.54) is 0 Å². The zero-order chi connectivity index (χ0) is 14.1. The van der Waals surface area contributed by atoms with E-state index in [2.05, 4.69) is 25.6 Å². The van der Waals surface area contributed by atoms with Crippen molar-refractivity contribution in [1.82, 2.24) is 9.62 Å². The van der Waals surface area contributed by atoms with Gasteiger partial charge in [0, 0.05) is 16.6 Å². The molecule has 0 amide bonds. The highest BCUT2D eigenvalue weighted by atomic mass is 79.9. The van der Waals surface area contributed by atoms with Gasteiger partial charge in [-0.05, 0) is 51.6 Å². The number of halogens is 1. The van der Waals surface area contributed by atoms with Crippen molar-refractivity contribution < 1.29 is 8.42 Å². The maximum Gasteiger partial charge on any atom is 0.240 e. The Morgan fingerprint density at radius 2 is 2.05 bits per heavy atom. The average Bonchev–Trinajstić information content (AvgIpc) is 2.27. The first-order valence-corrected chi connectivity index (χ1v) is 8.56. The van der Waals surface area contributed by atoms with Crippen LogP contribution in [-0.4, -0.2) is 39.5 Å². The highest BCUT2D eigenvalue weighted by molar-refractivity contribution is 9.10. The van der Waals surface area contributed by atoms with E-state index in [0.29, 0.717) is 11.4 Å². The Labute approximate surface area is 123 Å². The fourth-order valence-corrected chi connectivity index (χ4v) is 4.03. The molecule has 0 spiro atoms. The Morgan fingerprint density at radius 3 is 2.53 bits per heavy atom. The molecule has 0 bridgehead atoms. The van der Waals surface area contributed by atoms with E-state index in [1.54, 1.807) is 18.2 Å². The van der Waals surface area contributed by atoms with Gasteiger partial charge < -0.3 is 4.90 Å². The number of nitrogens with one attached hydrogen (secondary N) is 1. The molecule has 0 heterocycles. The lowest BCUT2D eigenvalue weighted by Crippen LogP contribution is -2.57. The molecule has 2 rings (SSSR count). The maximum atomic E-state index is 12.2. The van der Waals surface area contributed by atoms with Gasteiger partial charge in [-0.25, -0.2) is 13.1 Å². The third-order valence-corrected chi connectivity index (χ3v) is 5.82. The van der Waals surface area contributed by atoms with Crippen LogP contribution in [0.1, 0.15) is 19.3 Å². The van der Waals surface area contributed by atoms with E-state index >= 15 is 0 Å². The summed E-state index contributed by atoms with van der Waals surface area (Å²) in [4.78, 5) is 2.43. The summed E-state index contributed by atoms with van der Waals surface area (Å²) in [6.45, 7) is 0.467. The molecule has 1 aromatic carbocycles. The number of hydrogen-bond donors (Lipinski definition) is 1. The Balaban J connectivity index is 2.10. The minimum absolute atomic E-state index is 0.0148. The van der Waals surface area contributed by atoms with Crippen molar-refractivity contribution in [3.63, 3.8) is 0 Å². The van der Waals surface area contributed by atoms with Crippen LogP contribution < -0.4 is 4.72 Å². The lowest BCUT2D eigenvalue weighted by Gasteiger charge is -2.47. The SMILES string of the molecule is CN(C)C1(CNS(=O)(=O)c2cccc(Br)c2)CCC1. The molecule has 0 radical (unpaired) electrons. The highest BCUT2D eigenvalue weighted by Gasteiger charge is 2.39. The number of benzene rings is 1. The van der Waals surface area contributed by atoms with Crippen LogP contribution in [0, 0.1) is 0 Å². The molecule has 4 nitrogen and oxygen atoms in total. The van der Waals surface area contributed by atoms with Crippen molar-refractivity contribution in [2.75, 3.05) is 20.6 Å². The van der Waals surface area contributed by atoms with Gasteiger partial charge in [-0.2, -0.15) is 0 Å². The largest absolute Gasteiger partial charge is 0.302 e. The van der Waals surface area contributed by atoms with Crippen LogP contribution in [0.5, 0.6) is 0 Å². The topological polar surface area (TPSA) is 49.4 Å². The third kappa shape index (κ3) is 3.18. The zero-order valence-corrected chi connectivity index (χ0v) is 13.6. The van der Waals surface area contributed by atoms with Crippen molar-refractivity contribution >= 4 is 26.0 Å². The van der Waals surface area contributed by atoms with Gasteiger partial charge in [-0.1, -0.05) is 22.0 Å². The third-order valence-electron chi connectivity index (χ3n) is 3.93. The minimum Gasteiger partial charge on any atom is -0.302 e. The van der Waals surface area contributed by atoms with Gasteiger partial charge in [-0.15, -0.1) is 0 Å². The molecule has 106 valence electrons. The number of rotatable bonds is 5. The molecular weight excluding hydrogens is 328 g/mol. The monoisotopic (exact) mass is 346 g/mol. The normalized spacial score (nSPS) is 18.3. The predicted octanol–water partition coefficient (Wildman–Crippen LogP) is 2.21. The summed E-state index contributed by atoms with van der Waals surface area (Å²) in [5, 5.41) is 0. The minimum atomic E-state index is -3.43. The molecule has 0 aromatic heterocycles. The van der Waals surface area contributed by atoms with E-state index < -0.39 is 10.0 Å². The van der Waals surface area contributed by atoms with Crippen molar-refractivity contribution in [3.05, 3.63) is 28.7 Å². The lowest BCUT2D eigenvalue weighted by molar-refractivity contribution is 0.0657. The second-order valence-corrected chi connectivity index (χ2v) is 7.94. The first-order valence-electron chi connectivity index (χ1n) is 6.28. The smallest absolute Gasteiger partial charge is 0.240 e. The second kappa shape index (κ2) is 5.52. The molecule has 1 fully saturated rings. The molecule has 0 aliphatic heterocycles. The van der Waals surface area contributed by atoms with E-state index in [-0.39, 0.29) is 5.54 Å². The quantitative estimate of drug-likeness (QED) is 0.889. The average molecular weight is 347 g/mol. The number of nitrogens with zero attached hydrogens (tertiary/aromatic N) is 1. The number of likely N-dealkylation sites (N-methyl/N-ethyl adjacent to an activating group) is 1. The molecule has 1 N–H and O–H groups in total. The van der Waals surface area contributed by atoms with E-state index in [0.717, 1.165) is 23.7 Å². The Hall–Kier alpha value is -0.430. The molecular formula is C13H19BrN2O2S. The van der Waals surface area contributed by atoms with Crippen LogP contribution in [-0.2, 0) is 10.0 Å². The predicted molar refractivity (Wildman–Crippen MR) is 79.6 cm³/mol. The molecule has 1 aliphatic carbocycles. The lowest BCUT2D eigenvalue weighted by atomic mass is 9.76. The summed E-state index contributed by atoms with van der Waals surface area (Å²) in [7, 11) is 0.581. The van der Waals surface area contributed by atoms with E-state index in [9.17, 15) is 8.42 Å². The van der Waals surface area contributed by atoms with Gasteiger partial charge in [0.05, 0.1) is 4.90 Å². The summed E-state index contributed by atoms with van der Waals surface area (Å²) in [6, 6.07) is 6.76. The van der Waals surface area contributed by atoms with Crippen LogP contribution >= 0.6 is 15.9 Å². The summed E-state index contributed by atoms with van der Waals surface area (Å²) < 4.78 is 28.0. The first kappa shape index (κ1) is 15.0. The van der Waals surface area contributed by atoms with Crippen LogP contribution in [0.25, 0.3) is 0 Å². The molecule has 19 heavy (non-hydrogen) atoms. The van der Waals surface area contributed by atoms with Crippen LogP contribution in [0.4, 0.5) is 0 Å². The molecule has 0 atom stereocenters. The maximum absolute atomic E-state index is 12.2. The number of sulfonamides is 1. The zero-order valence-electron chi connectivity index (χ0n) is 11.2. The first-order chi connectivity index (χ1) is 8.86. The molecule has 1 aromatic rings. The molecule has 1 saturated carbocycles. The Bertz CT molecular complexity index is 554. The van der Waals surface area contributed by atoms with Gasteiger partial charge >= 0.3 is 0 Å². The molecule has 0 unspecified atom stereocenters. The van der Waals surface area contributed by atoms with Crippen molar-refractivity contribution in [2.24, 2.45) is 0 Å². The highest BCUT2D eigenvalue weighted by Crippen LogP contribution is 2.35.